The second-order valence-electron chi connectivity index (χ2n) is 6.39. The number of benzene rings is 1. The molecule has 1 aliphatic rings. The number of nitrogens with zero attached hydrogens (tertiary/aromatic N) is 2. The van der Waals surface area contributed by atoms with E-state index in [-0.39, 0.29) is 34.6 Å². The third-order valence-electron chi connectivity index (χ3n) is 4.18. The van der Waals surface area contributed by atoms with E-state index < -0.39 is 21.8 Å². The molecule has 0 unspecified atom stereocenters. The number of hydrogen-bond donors (Lipinski definition) is 0. The number of ether oxygens (including phenoxy) is 2. The molecular weight excluding hydrogens is 413 g/mol. The van der Waals surface area contributed by atoms with Crippen molar-refractivity contribution in [2.75, 3.05) is 5.75 Å². The lowest BCUT2D eigenvalue weighted by Crippen LogP contribution is -2.23. The third kappa shape index (κ3) is 4.97. The van der Waals surface area contributed by atoms with E-state index in [1.807, 2.05) is 0 Å². The van der Waals surface area contributed by atoms with Gasteiger partial charge in [0.2, 0.25) is 5.90 Å². The van der Waals surface area contributed by atoms with Crippen LogP contribution < -0.4 is 9.47 Å². The van der Waals surface area contributed by atoms with E-state index >= 15 is 0 Å². The van der Waals surface area contributed by atoms with Crippen molar-refractivity contribution in [1.29, 1.82) is 0 Å². The minimum atomic E-state index is -4.76. The Hall–Kier alpha value is -2.82. The minimum absolute atomic E-state index is 0.0528. The predicted octanol–water partition coefficient (Wildman–Crippen LogP) is 3.80. The Morgan fingerprint density at radius 1 is 1.14 bits per heavy atom. The van der Waals surface area contributed by atoms with Crippen molar-refractivity contribution >= 4 is 15.7 Å². The Morgan fingerprint density at radius 2 is 1.79 bits per heavy atom. The standard InChI is InChI=1S/C18H17F3N2O5S/c1-3-29(24,25)16-9-8-14(11-22-16)26-15-10-17(2,28-23-15)12-4-6-13(7-5-12)27-18(19,20)21/h4-9,11H,3,10H2,1-2H3/t17-/m1/s1. The number of halogens is 3. The molecule has 0 saturated carbocycles. The molecule has 1 atom stereocenters. The minimum Gasteiger partial charge on any atom is -0.438 e. The van der Waals surface area contributed by atoms with Gasteiger partial charge in [0.05, 0.1) is 18.4 Å². The molecule has 0 fully saturated rings. The van der Waals surface area contributed by atoms with E-state index in [1.165, 1.54) is 49.5 Å². The van der Waals surface area contributed by atoms with Crippen molar-refractivity contribution in [3.63, 3.8) is 0 Å². The lowest BCUT2D eigenvalue weighted by atomic mass is 9.93. The van der Waals surface area contributed by atoms with Crippen LogP contribution in [0.5, 0.6) is 11.5 Å². The number of alkyl halides is 3. The van der Waals surface area contributed by atoms with Gasteiger partial charge >= 0.3 is 6.36 Å². The van der Waals surface area contributed by atoms with Gasteiger partial charge in [-0.2, -0.15) is 0 Å². The lowest BCUT2D eigenvalue weighted by molar-refractivity contribution is -0.274. The van der Waals surface area contributed by atoms with E-state index in [1.54, 1.807) is 6.92 Å². The van der Waals surface area contributed by atoms with Gasteiger partial charge in [0.1, 0.15) is 11.5 Å². The van der Waals surface area contributed by atoms with Crippen molar-refractivity contribution in [1.82, 2.24) is 4.98 Å². The van der Waals surface area contributed by atoms with E-state index in [9.17, 15) is 21.6 Å². The van der Waals surface area contributed by atoms with Crippen LogP contribution in [0.1, 0.15) is 25.8 Å². The molecule has 156 valence electrons. The quantitative estimate of drug-likeness (QED) is 0.717. The molecule has 2 heterocycles. The first kappa shape index (κ1) is 20.9. The van der Waals surface area contributed by atoms with Gasteiger partial charge in [-0.3, -0.25) is 0 Å². The lowest BCUT2D eigenvalue weighted by Gasteiger charge is -2.21. The summed E-state index contributed by atoms with van der Waals surface area (Å²) in [5.74, 6) is 0.0939. The molecule has 0 N–H and O–H groups in total. The Balaban J connectivity index is 1.66. The average Bonchev–Trinajstić information content (AvgIpc) is 3.03. The summed E-state index contributed by atoms with van der Waals surface area (Å²) < 4.78 is 69.8. The van der Waals surface area contributed by atoms with Gasteiger partial charge in [-0.15, -0.1) is 13.2 Å². The monoisotopic (exact) mass is 430 g/mol. The van der Waals surface area contributed by atoms with Crippen LogP contribution in [0.3, 0.4) is 0 Å². The first-order valence-electron chi connectivity index (χ1n) is 8.49. The third-order valence-corrected chi connectivity index (χ3v) is 5.82. The molecule has 7 nitrogen and oxygen atoms in total. The second kappa shape index (κ2) is 7.54. The average molecular weight is 430 g/mol. The summed E-state index contributed by atoms with van der Waals surface area (Å²) in [5.41, 5.74) is -0.359. The topological polar surface area (TPSA) is 87.1 Å². The summed E-state index contributed by atoms with van der Waals surface area (Å²) in [6.07, 6.45) is -3.29. The largest absolute Gasteiger partial charge is 0.573 e. The van der Waals surface area contributed by atoms with Crippen molar-refractivity contribution in [2.45, 2.75) is 37.3 Å². The predicted molar refractivity (Wildman–Crippen MR) is 96.2 cm³/mol. The van der Waals surface area contributed by atoms with Gasteiger partial charge < -0.3 is 14.3 Å². The van der Waals surface area contributed by atoms with E-state index in [2.05, 4.69) is 14.9 Å². The zero-order valence-corrected chi connectivity index (χ0v) is 16.2. The molecular formula is C18H17F3N2O5S. The van der Waals surface area contributed by atoms with Gasteiger partial charge in [0.25, 0.3) is 0 Å². The molecule has 0 spiro atoms. The van der Waals surface area contributed by atoms with Crippen LogP contribution in [0.2, 0.25) is 0 Å². The Morgan fingerprint density at radius 3 is 2.34 bits per heavy atom. The summed E-state index contributed by atoms with van der Waals surface area (Å²) in [6.45, 7) is 3.23. The Labute approximate surface area is 165 Å². The highest BCUT2D eigenvalue weighted by molar-refractivity contribution is 7.91. The van der Waals surface area contributed by atoms with Crippen LogP contribution in [0, 0.1) is 0 Å². The molecule has 1 aliphatic heterocycles. The molecule has 2 aromatic rings. The van der Waals surface area contributed by atoms with Crippen LogP contribution in [0.25, 0.3) is 0 Å². The van der Waals surface area contributed by atoms with Crippen molar-refractivity contribution in [2.24, 2.45) is 5.16 Å². The Kier molecular flexibility index (Phi) is 5.44. The molecule has 1 aromatic carbocycles. The molecule has 29 heavy (non-hydrogen) atoms. The molecule has 0 radical (unpaired) electrons. The van der Waals surface area contributed by atoms with E-state index in [0.717, 1.165) is 0 Å². The highest BCUT2D eigenvalue weighted by Gasteiger charge is 2.38. The fourth-order valence-electron chi connectivity index (χ4n) is 2.62. The normalized spacial score (nSPS) is 19.4. The van der Waals surface area contributed by atoms with Gasteiger partial charge in [0, 0.05) is 0 Å². The summed E-state index contributed by atoms with van der Waals surface area (Å²) >= 11 is 0. The van der Waals surface area contributed by atoms with Crippen LogP contribution in [-0.4, -0.2) is 31.4 Å². The number of sulfone groups is 1. The van der Waals surface area contributed by atoms with Gasteiger partial charge in [0.15, 0.2) is 20.5 Å². The smallest absolute Gasteiger partial charge is 0.438 e. The van der Waals surface area contributed by atoms with E-state index in [0.29, 0.717) is 5.56 Å². The molecule has 0 bridgehead atoms. The molecule has 1 aromatic heterocycles. The number of hydrogen-bond acceptors (Lipinski definition) is 7. The van der Waals surface area contributed by atoms with Crippen molar-refractivity contribution in [3.05, 3.63) is 48.2 Å². The fourth-order valence-corrected chi connectivity index (χ4v) is 3.40. The molecule has 0 amide bonds. The first-order chi connectivity index (χ1) is 13.5. The maximum absolute atomic E-state index is 12.3. The Bertz CT molecular complexity index is 1010. The summed E-state index contributed by atoms with van der Waals surface area (Å²) in [7, 11) is -3.41. The summed E-state index contributed by atoms with van der Waals surface area (Å²) in [5, 5.41) is 3.81. The van der Waals surface area contributed by atoms with Gasteiger partial charge in [-0.05, 0) is 36.8 Å². The second-order valence-corrected chi connectivity index (χ2v) is 8.62. The molecule has 11 heteroatoms. The van der Waals surface area contributed by atoms with Crippen LogP contribution >= 0.6 is 0 Å². The van der Waals surface area contributed by atoms with Crippen molar-refractivity contribution in [3.8, 4) is 11.5 Å². The van der Waals surface area contributed by atoms with E-state index in [4.69, 9.17) is 9.57 Å². The van der Waals surface area contributed by atoms with Gasteiger partial charge in [-0.1, -0.05) is 24.2 Å². The highest BCUT2D eigenvalue weighted by atomic mass is 32.2. The van der Waals surface area contributed by atoms with Crippen LogP contribution in [0.15, 0.2) is 52.8 Å². The maximum atomic E-state index is 12.3. The van der Waals surface area contributed by atoms with Gasteiger partial charge in [-0.25, -0.2) is 13.4 Å². The zero-order chi connectivity index (χ0) is 21.3. The fraction of sp³-hybridized carbons (Fsp3) is 0.333. The number of pyridine rings is 1. The maximum Gasteiger partial charge on any atom is 0.573 e. The molecule has 0 saturated heterocycles. The number of rotatable bonds is 5. The van der Waals surface area contributed by atoms with Crippen LogP contribution in [-0.2, 0) is 20.3 Å². The molecule has 0 aliphatic carbocycles. The number of aromatic nitrogens is 1. The zero-order valence-electron chi connectivity index (χ0n) is 15.4. The molecule has 3 rings (SSSR count). The highest BCUT2D eigenvalue weighted by Crippen LogP contribution is 2.36. The summed E-state index contributed by atoms with van der Waals surface area (Å²) in [6, 6.07) is 8.07. The summed E-state index contributed by atoms with van der Waals surface area (Å²) in [4.78, 5) is 9.31. The first-order valence-corrected chi connectivity index (χ1v) is 10.1. The van der Waals surface area contributed by atoms with Crippen LogP contribution in [0.4, 0.5) is 13.2 Å². The SMILES string of the molecule is CCS(=O)(=O)c1ccc(OC2=NO[C@@](C)(c3ccc(OC(F)(F)F)cc3)C2)cn1. The number of oxime groups is 1. The van der Waals surface area contributed by atoms with Crippen molar-refractivity contribution < 1.29 is 35.9 Å².